The van der Waals surface area contributed by atoms with E-state index < -0.39 is 0 Å². The maximum Gasteiger partial charge on any atom is 0.290 e. The van der Waals surface area contributed by atoms with Crippen LogP contribution in [0.1, 0.15) is 41.5 Å². The molecule has 0 spiro atoms. The van der Waals surface area contributed by atoms with Gasteiger partial charge < -0.3 is 24.8 Å². The van der Waals surface area contributed by atoms with Gasteiger partial charge in [0, 0.05) is 24.7 Å². The van der Waals surface area contributed by atoms with Gasteiger partial charge in [-0.25, -0.2) is 0 Å². The van der Waals surface area contributed by atoms with Crippen molar-refractivity contribution >= 4 is 41.2 Å². The molecule has 0 unspecified atom stereocenters. The van der Waals surface area contributed by atoms with Gasteiger partial charge in [-0.2, -0.15) is 0 Å². The standard InChI is InChI=1S/C32H34Cl2N2O3.CH2O2/c1-21-4-3-5-23(16-21)20-36(25-8-9-25)32(37)28-19-35-13-12-27(28)24-6-10-26(11-7-24)38-14-15-39-31-29(33)17-22(2)18-30(31)34;2-1-3/h3-7,10-11,16-18,25,35H,8-9,12-15,19-20H2,1-2H3;1H,(H,2,3). The van der Waals surface area contributed by atoms with Gasteiger partial charge in [0.2, 0.25) is 0 Å². The third-order valence-electron chi connectivity index (χ3n) is 7.10. The summed E-state index contributed by atoms with van der Waals surface area (Å²) < 4.78 is 11.6. The molecule has 0 atom stereocenters. The van der Waals surface area contributed by atoms with Crippen LogP contribution in [0.5, 0.6) is 11.5 Å². The van der Waals surface area contributed by atoms with Crippen molar-refractivity contribution in [2.24, 2.45) is 0 Å². The smallest absolute Gasteiger partial charge is 0.290 e. The number of ether oxygens (including phenoxy) is 2. The summed E-state index contributed by atoms with van der Waals surface area (Å²) in [5.74, 6) is 1.36. The molecule has 222 valence electrons. The van der Waals surface area contributed by atoms with Crippen molar-refractivity contribution in [1.82, 2.24) is 10.2 Å². The predicted octanol–water partition coefficient (Wildman–Crippen LogP) is 6.71. The molecule has 0 aromatic heterocycles. The lowest BCUT2D eigenvalue weighted by atomic mass is 9.93. The molecule has 0 saturated heterocycles. The molecule has 1 heterocycles. The van der Waals surface area contributed by atoms with Gasteiger partial charge in [-0.05, 0) is 86.2 Å². The van der Waals surface area contributed by atoms with Crippen LogP contribution in [0.2, 0.25) is 10.0 Å². The molecule has 1 aliphatic heterocycles. The highest BCUT2D eigenvalue weighted by Crippen LogP contribution is 2.35. The SMILES string of the molecule is Cc1cccc(CN(C(=O)C2=C(c3ccc(OCCOc4c(Cl)cc(C)cc4Cl)cc3)CCNC2)C2CC2)c1.O=CO. The number of hydrogen-bond acceptors (Lipinski definition) is 5. The predicted molar refractivity (Wildman–Crippen MR) is 166 cm³/mol. The fourth-order valence-corrected chi connectivity index (χ4v) is 5.73. The lowest BCUT2D eigenvalue weighted by molar-refractivity contribution is -0.128. The molecular formula is C33H36Cl2N2O5. The van der Waals surface area contributed by atoms with E-state index in [1.807, 2.05) is 43.3 Å². The lowest BCUT2D eigenvalue weighted by Gasteiger charge is -2.28. The number of nitrogens with one attached hydrogen (secondary N) is 1. The zero-order valence-electron chi connectivity index (χ0n) is 23.9. The largest absolute Gasteiger partial charge is 0.490 e. The van der Waals surface area contributed by atoms with E-state index in [-0.39, 0.29) is 12.4 Å². The second kappa shape index (κ2) is 15.1. The number of nitrogens with zero attached hydrogens (tertiary/aromatic N) is 1. The van der Waals surface area contributed by atoms with Crippen molar-refractivity contribution in [2.45, 2.75) is 45.7 Å². The highest BCUT2D eigenvalue weighted by Gasteiger charge is 2.35. The summed E-state index contributed by atoms with van der Waals surface area (Å²) in [7, 11) is 0. The minimum absolute atomic E-state index is 0.145. The molecule has 3 aromatic carbocycles. The fourth-order valence-electron chi connectivity index (χ4n) is 5.02. The van der Waals surface area contributed by atoms with Gasteiger partial charge in [-0.15, -0.1) is 0 Å². The van der Waals surface area contributed by atoms with Gasteiger partial charge in [0.05, 0.1) is 10.0 Å². The van der Waals surface area contributed by atoms with E-state index in [1.165, 1.54) is 11.1 Å². The Kier molecular flexibility index (Phi) is 11.3. The molecule has 5 rings (SSSR count). The molecule has 42 heavy (non-hydrogen) atoms. The average Bonchev–Trinajstić information content (AvgIpc) is 3.81. The lowest BCUT2D eigenvalue weighted by Crippen LogP contribution is -2.39. The number of aryl methyl sites for hydroxylation is 2. The molecule has 1 fully saturated rings. The van der Waals surface area contributed by atoms with Crippen LogP contribution in [-0.2, 0) is 16.1 Å². The number of rotatable bonds is 10. The Labute approximate surface area is 257 Å². The normalized spacial score (nSPS) is 14.5. The maximum absolute atomic E-state index is 13.8. The second-order valence-electron chi connectivity index (χ2n) is 10.4. The van der Waals surface area contributed by atoms with Crippen molar-refractivity contribution < 1.29 is 24.2 Å². The van der Waals surface area contributed by atoms with Crippen molar-refractivity contribution in [1.29, 1.82) is 0 Å². The van der Waals surface area contributed by atoms with Crippen LogP contribution in [0, 0.1) is 13.8 Å². The third-order valence-corrected chi connectivity index (χ3v) is 7.67. The zero-order chi connectivity index (χ0) is 30.1. The van der Waals surface area contributed by atoms with Gasteiger partial charge in [-0.1, -0.05) is 65.2 Å². The Hall–Kier alpha value is -3.52. The number of amides is 1. The monoisotopic (exact) mass is 610 g/mol. The van der Waals surface area contributed by atoms with E-state index in [4.69, 9.17) is 42.6 Å². The number of carbonyl (C=O) groups is 2. The van der Waals surface area contributed by atoms with E-state index in [0.29, 0.717) is 48.1 Å². The minimum atomic E-state index is -0.250. The Balaban J connectivity index is 0.00000129. The maximum atomic E-state index is 13.8. The first-order valence-electron chi connectivity index (χ1n) is 14.0. The molecular weight excluding hydrogens is 575 g/mol. The summed E-state index contributed by atoms with van der Waals surface area (Å²) in [6, 6.07) is 20.4. The van der Waals surface area contributed by atoms with Crippen LogP contribution in [0.25, 0.3) is 5.57 Å². The Morgan fingerprint density at radius 1 is 1.00 bits per heavy atom. The number of carboxylic acid groups (broad SMARTS) is 1. The quantitative estimate of drug-likeness (QED) is 0.196. The van der Waals surface area contributed by atoms with E-state index in [9.17, 15) is 4.79 Å². The average molecular weight is 612 g/mol. The summed E-state index contributed by atoms with van der Waals surface area (Å²) in [5.41, 5.74) is 6.42. The van der Waals surface area contributed by atoms with Gasteiger partial charge >= 0.3 is 0 Å². The van der Waals surface area contributed by atoms with Crippen LogP contribution < -0.4 is 14.8 Å². The molecule has 9 heteroatoms. The summed E-state index contributed by atoms with van der Waals surface area (Å²) in [6.07, 6.45) is 2.97. The fraction of sp³-hybridized carbons (Fsp3) is 0.333. The van der Waals surface area contributed by atoms with E-state index in [1.54, 1.807) is 0 Å². The van der Waals surface area contributed by atoms with Gasteiger partial charge in [0.1, 0.15) is 19.0 Å². The van der Waals surface area contributed by atoms with E-state index >= 15 is 0 Å². The van der Waals surface area contributed by atoms with Crippen LogP contribution in [0.3, 0.4) is 0 Å². The second-order valence-corrected chi connectivity index (χ2v) is 11.2. The Morgan fingerprint density at radius 3 is 2.31 bits per heavy atom. The van der Waals surface area contributed by atoms with Crippen molar-refractivity contribution in [2.75, 3.05) is 26.3 Å². The van der Waals surface area contributed by atoms with Crippen LogP contribution in [0.4, 0.5) is 0 Å². The van der Waals surface area contributed by atoms with Gasteiger partial charge in [0.25, 0.3) is 12.4 Å². The first-order chi connectivity index (χ1) is 20.3. The molecule has 7 nitrogen and oxygen atoms in total. The van der Waals surface area contributed by atoms with Crippen LogP contribution in [-0.4, -0.2) is 54.7 Å². The number of halogens is 2. The van der Waals surface area contributed by atoms with Crippen LogP contribution >= 0.6 is 23.2 Å². The van der Waals surface area contributed by atoms with Gasteiger partial charge in [-0.3, -0.25) is 9.59 Å². The first kappa shape index (κ1) is 31.4. The highest BCUT2D eigenvalue weighted by atomic mass is 35.5. The molecule has 1 amide bonds. The topological polar surface area (TPSA) is 88.1 Å². The van der Waals surface area contributed by atoms with Gasteiger partial charge in [0.15, 0.2) is 5.75 Å². The molecule has 0 bridgehead atoms. The third kappa shape index (κ3) is 8.51. The van der Waals surface area contributed by atoms with Crippen molar-refractivity contribution in [3.05, 3.63) is 98.5 Å². The minimum Gasteiger partial charge on any atom is -0.490 e. The Morgan fingerprint density at radius 2 is 1.67 bits per heavy atom. The molecule has 2 aliphatic rings. The molecule has 1 aliphatic carbocycles. The van der Waals surface area contributed by atoms with Crippen molar-refractivity contribution in [3.8, 4) is 11.5 Å². The summed E-state index contributed by atoms with van der Waals surface area (Å²) >= 11 is 12.5. The molecule has 2 N–H and O–H groups in total. The number of hydrogen-bond donors (Lipinski definition) is 2. The molecule has 1 saturated carbocycles. The van der Waals surface area contributed by atoms with Crippen LogP contribution in [0.15, 0.2) is 66.2 Å². The number of carbonyl (C=O) groups excluding carboxylic acids is 1. The summed E-state index contributed by atoms with van der Waals surface area (Å²) in [5, 5.41) is 11.3. The molecule has 0 radical (unpaired) electrons. The summed E-state index contributed by atoms with van der Waals surface area (Å²) in [4.78, 5) is 24.3. The Bertz CT molecular complexity index is 1400. The summed E-state index contributed by atoms with van der Waals surface area (Å²) in [6.45, 7) is 6.53. The van der Waals surface area contributed by atoms with E-state index in [0.717, 1.165) is 53.8 Å². The molecule has 3 aromatic rings. The highest BCUT2D eigenvalue weighted by molar-refractivity contribution is 6.37. The zero-order valence-corrected chi connectivity index (χ0v) is 25.4. The number of benzene rings is 3. The van der Waals surface area contributed by atoms with Crippen molar-refractivity contribution in [3.63, 3.8) is 0 Å². The van der Waals surface area contributed by atoms with E-state index in [2.05, 4.69) is 41.4 Å². The first-order valence-corrected chi connectivity index (χ1v) is 14.7.